The Labute approximate surface area is 182 Å². The molecule has 0 amide bonds. The third-order valence-electron chi connectivity index (χ3n) is 5.22. The Morgan fingerprint density at radius 3 is 2.16 bits per heavy atom. The number of nitrogens with one attached hydrogen (secondary N) is 1. The van der Waals surface area contributed by atoms with Crippen molar-refractivity contribution < 1.29 is 21.6 Å². The molecule has 9 heteroatoms. The molecule has 1 N–H and O–H groups in total. The van der Waals surface area contributed by atoms with Crippen molar-refractivity contribution in [1.29, 1.82) is 0 Å². The highest BCUT2D eigenvalue weighted by atomic mass is 32.2. The predicted molar refractivity (Wildman–Crippen MR) is 119 cm³/mol. The van der Waals surface area contributed by atoms with Gasteiger partial charge in [-0.05, 0) is 60.0 Å². The Kier molecular flexibility index (Phi) is 6.29. The molecule has 0 radical (unpaired) electrons. The van der Waals surface area contributed by atoms with Gasteiger partial charge in [0.05, 0.1) is 9.79 Å². The topological polar surface area (TPSA) is 92.8 Å². The van der Waals surface area contributed by atoms with E-state index >= 15 is 0 Å². The minimum atomic E-state index is -3.66. The second-order valence-corrected chi connectivity index (χ2v) is 11.0. The molecule has 7 nitrogen and oxygen atoms in total. The largest absolute Gasteiger partial charge is 0.492 e. The summed E-state index contributed by atoms with van der Waals surface area (Å²) in [6.07, 6.45) is 1.77. The lowest BCUT2D eigenvalue weighted by atomic mass is 10.1. The summed E-state index contributed by atoms with van der Waals surface area (Å²) in [5.74, 6) is 0.477. The summed E-state index contributed by atoms with van der Waals surface area (Å²) < 4.78 is 59.7. The Hall–Kier alpha value is -2.46. The molecule has 0 aromatic heterocycles. The fourth-order valence-electron chi connectivity index (χ4n) is 3.55. The molecule has 164 valence electrons. The first-order chi connectivity index (χ1) is 14.9. The van der Waals surface area contributed by atoms with Gasteiger partial charge in [-0.2, -0.15) is 4.31 Å². The van der Waals surface area contributed by atoms with Gasteiger partial charge >= 0.3 is 0 Å². The van der Waals surface area contributed by atoms with Crippen LogP contribution in [0.2, 0.25) is 0 Å². The standard InChI is InChI=1S/C22H24N2O5S2/c25-30(26,22-10-7-18-5-1-2-6-19(18)17-22)23-13-16-29-20-8-11-21(12-9-20)31(27,28)24-14-3-4-15-24/h1-2,5-12,17,23H,3-4,13-16H2. The summed E-state index contributed by atoms with van der Waals surface area (Å²) in [6, 6.07) is 18.7. The minimum Gasteiger partial charge on any atom is -0.492 e. The maximum Gasteiger partial charge on any atom is 0.243 e. The van der Waals surface area contributed by atoms with Gasteiger partial charge in [0.2, 0.25) is 20.0 Å². The molecule has 1 saturated heterocycles. The van der Waals surface area contributed by atoms with Gasteiger partial charge in [-0.25, -0.2) is 21.6 Å². The first-order valence-corrected chi connectivity index (χ1v) is 13.0. The van der Waals surface area contributed by atoms with Gasteiger partial charge < -0.3 is 4.74 Å². The zero-order valence-electron chi connectivity index (χ0n) is 16.9. The first-order valence-electron chi connectivity index (χ1n) is 10.1. The highest BCUT2D eigenvalue weighted by molar-refractivity contribution is 7.89. The maximum absolute atomic E-state index is 12.5. The molecule has 4 rings (SSSR count). The minimum absolute atomic E-state index is 0.0863. The number of fused-ring (bicyclic) bond motifs is 1. The highest BCUT2D eigenvalue weighted by Crippen LogP contribution is 2.23. The summed E-state index contributed by atoms with van der Waals surface area (Å²) in [5.41, 5.74) is 0. The van der Waals surface area contributed by atoms with E-state index in [0.717, 1.165) is 23.6 Å². The second-order valence-electron chi connectivity index (χ2n) is 7.34. The van der Waals surface area contributed by atoms with E-state index < -0.39 is 20.0 Å². The quantitative estimate of drug-likeness (QED) is 0.522. The average Bonchev–Trinajstić information content (AvgIpc) is 3.33. The van der Waals surface area contributed by atoms with Crippen molar-refractivity contribution in [2.75, 3.05) is 26.2 Å². The summed E-state index contributed by atoms with van der Waals surface area (Å²) >= 11 is 0. The van der Waals surface area contributed by atoms with Crippen molar-refractivity contribution in [3.63, 3.8) is 0 Å². The van der Waals surface area contributed by atoms with Crippen molar-refractivity contribution in [2.24, 2.45) is 0 Å². The Balaban J connectivity index is 1.32. The van der Waals surface area contributed by atoms with Crippen LogP contribution >= 0.6 is 0 Å². The van der Waals surface area contributed by atoms with Crippen LogP contribution in [-0.2, 0) is 20.0 Å². The molecule has 0 bridgehead atoms. The number of benzene rings is 3. The lowest BCUT2D eigenvalue weighted by molar-refractivity contribution is 0.322. The Morgan fingerprint density at radius 1 is 0.806 bits per heavy atom. The van der Waals surface area contributed by atoms with E-state index in [1.165, 1.54) is 16.4 Å². The Morgan fingerprint density at radius 2 is 1.45 bits per heavy atom. The van der Waals surface area contributed by atoms with E-state index in [1.807, 2.05) is 24.3 Å². The van der Waals surface area contributed by atoms with Crippen LogP contribution < -0.4 is 9.46 Å². The van der Waals surface area contributed by atoms with Crippen LogP contribution in [0.25, 0.3) is 10.8 Å². The number of sulfonamides is 2. The van der Waals surface area contributed by atoms with E-state index in [4.69, 9.17) is 4.74 Å². The van der Waals surface area contributed by atoms with Crippen LogP contribution in [0.15, 0.2) is 76.5 Å². The van der Waals surface area contributed by atoms with Crippen LogP contribution in [0.4, 0.5) is 0 Å². The summed E-state index contributed by atoms with van der Waals surface area (Å²) in [7, 11) is -7.12. The number of ether oxygens (including phenoxy) is 1. The van der Waals surface area contributed by atoms with Gasteiger partial charge in [0.25, 0.3) is 0 Å². The highest BCUT2D eigenvalue weighted by Gasteiger charge is 2.26. The summed E-state index contributed by atoms with van der Waals surface area (Å²) in [4.78, 5) is 0.432. The van der Waals surface area contributed by atoms with Gasteiger partial charge in [-0.15, -0.1) is 0 Å². The van der Waals surface area contributed by atoms with Gasteiger partial charge in [-0.1, -0.05) is 30.3 Å². The molecule has 1 fully saturated rings. The molecule has 0 atom stereocenters. The van der Waals surface area contributed by atoms with Crippen molar-refractivity contribution in [3.8, 4) is 5.75 Å². The molecular formula is C22H24N2O5S2. The van der Waals surface area contributed by atoms with E-state index in [1.54, 1.807) is 30.3 Å². The SMILES string of the molecule is O=S(=O)(NCCOc1ccc(S(=O)(=O)N2CCCC2)cc1)c1ccc2ccccc2c1. The van der Waals surface area contributed by atoms with E-state index in [2.05, 4.69) is 4.72 Å². The van der Waals surface area contributed by atoms with Crippen LogP contribution in [0, 0.1) is 0 Å². The fourth-order valence-corrected chi connectivity index (χ4v) is 6.11. The predicted octanol–water partition coefficient (Wildman–Crippen LogP) is 2.98. The maximum atomic E-state index is 12.5. The zero-order valence-corrected chi connectivity index (χ0v) is 18.5. The van der Waals surface area contributed by atoms with E-state index in [0.29, 0.717) is 18.8 Å². The summed E-state index contributed by atoms with van der Waals surface area (Å²) in [6.45, 7) is 1.31. The molecule has 0 unspecified atom stereocenters. The van der Waals surface area contributed by atoms with Crippen LogP contribution in [0.1, 0.15) is 12.8 Å². The van der Waals surface area contributed by atoms with Crippen molar-refractivity contribution in [2.45, 2.75) is 22.6 Å². The lowest BCUT2D eigenvalue weighted by Gasteiger charge is -2.15. The van der Waals surface area contributed by atoms with Gasteiger partial charge in [0.1, 0.15) is 12.4 Å². The van der Waals surface area contributed by atoms with Gasteiger partial charge in [0.15, 0.2) is 0 Å². The lowest BCUT2D eigenvalue weighted by Crippen LogP contribution is -2.28. The summed E-state index contributed by atoms with van der Waals surface area (Å²) in [5, 5.41) is 1.82. The third-order valence-corrected chi connectivity index (χ3v) is 8.59. The number of rotatable bonds is 8. The van der Waals surface area contributed by atoms with E-state index in [9.17, 15) is 16.8 Å². The molecule has 0 aliphatic carbocycles. The number of hydrogen-bond acceptors (Lipinski definition) is 5. The zero-order chi connectivity index (χ0) is 21.9. The van der Waals surface area contributed by atoms with Gasteiger partial charge in [0, 0.05) is 19.6 Å². The Bertz CT molecular complexity index is 1270. The van der Waals surface area contributed by atoms with Crippen molar-refractivity contribution >= 4 is 30.8 Å². The van der Waals surface area contributed by atoms with Crippen molar-refractivity contribution in [1.82, 2.24) is 9.03 Å². The normalized spacial score (nSPS) is 15.4. The molecular weight excluding hydrogens is 436 g/mol. The molecule has 1 aliphatic rings. The first kappa shape index (κ1) is 21.8. The van der Waals surface area contributed by atoms with Crippen LogP contribution in [-0.4, -0.2) is 47.4 Å². The van der Waals surface area contributed by atoms with Crippen LogP contribution in [0.3, 0.4) is 0 Å². The molecule has 31 heavy (non-hydrogen) atoms. The number of hydrogen-bond donors (Lipinski definition) is 1. The van der Waals surface area contributed by atoms with E-state index in [-0.39, 0.29) is 22.9 Å². The van der Waals surface area contributed by atoms with Crippen LogP contribution in [0.5, 0.6) is 5.75 Å². The smallest absolute Gasteiger partial charge is 0.243 e. The average molecular weight is 461 g/mol. The monoisotopic (exact) mass is 460 g/mol. The van der Waals surface area contributed by atoms with Crippen molar-refractivity contribution in [3.05, 3.63) is 66.7 Å². The molecule has 3 aromatic carbocycles. The third kappa shape index (κ3) is 4.90. The molecule has 1 heterocycles. The second kappa shape index (κ2) is 8.96. The molecule has 0 saturated carbocycles. The fraction of sp³-hybridized carbons (Fsp3) is 0.273. The molecule has 3 aromatic rings. The number of nitrogens with zero attached hydrogens (tertiary/aromatic N) is 1. The van der Waals surface area contributed by atoms with Gasteiger partial charge in [-0.3, -0.25) is 0 Å². The molecule has 1 aliphatic heterocycles. The molecule has 0 spiro atoms.